The fourth-order valence-corrected chi connectivity index (χ4v) is 4.84. The number of hydrogen-bond acceptors (Lipinski definition) is 4. The lowest BCUT2D eigenvalue weighted by Gasteiger charge is -2.39. The van der Waals surface area contributed by atoms with Crippen molar-refractivity contribution in [2.45, 2.75) is 39.3 Å². The predicted molar refractivity (Wildman–Crippen MR) is 124 cm³/mol. The summed E-state index contributed by atoms with van der Waals surface area (Å²) in [5, 5.41) is 2.98. The number of nitrogens with zero attached hydrogens (tertiary/aromatic N) is 3. The fraction of sp³-hybridized carbons (Fsp3) is 0.480. The highest BCUT2D eigenvalue weighted by Crippen LogP contribution is 2.41. The van der Waals surface area contributed by atoms with E-state index >= 15 is 0 Å². The quantitative estimate of drug-likeness (QED) is 0.668. The van der Waals surface area contributed by atoms with Gasteiger partial charge >= 0.3 is 12.2 Å². The Labute approximate surface area is 202 Å². The summed E-state index contributed by atoms with van der Waals surface area (Å²) in [6.45, 7) is 4.60. The van der Waals surface area contributed by atoms with Crippen LogP contribution in [0.4, 0.5) is 23.7 Å². The van der Waals surface area contributed by atoms with Crippen LogP contribution in [0.2, 0.25) is 0 Å². The van der Waals surface area contributed by atoms with Crippen molar-refractivity contribution in [3.8, 4) is 5.88 Å². The van der Waals surface area contributed by atoms with Gasteiger partial charge in [0.1, 0.15) is 5.56 Å². The number of pyridine rings is 1. The van der Waals surface area contributed by atoms with Crippen LogP contribution in [0.1, 0.15) is 40.7 Å². The fourth-order valence-electron chi connectivity index (χ4n) is 4.84. The number of alkyl halides is 3. The van der Waals surface area contributed by atoms with Crippen LogP contribution in [0.25, 0.3) is 0 Å². The van der Waals surface area contributed by atoms with Crippen LogP contribution in [0.5, 0.6) is 5.88 Å². The monoisotopic (exact) mass is 490 g/mol. The number of carbonyl (C=O) groups excluding carboxylic acids is 2. The van der Waals surface area contributed by atoms with Crippen LogP contribution in [0.15, 0.2) is 36.5 Å². The highest BCUT2D eigenvalue weighted by Gasteiger charge is 2.43. The average molecular weight is 491 g/mol. The van der Waals surface area contributed by atoms with Crippen molar-refractivity contribution in [1.82, 2.24) is 14.8 Å². The minimum atomic E-state index is -4.52. The van der Waals surface area contributed by atoms with Gasteiger partial charge in [-0.05, 0) is 62.3 Å². The summed E-state index contributed by atoms with van der Waals surface area (Å²) >= 11 is 0. The zero-order chi connectivity index (χ0) is 25.2. The lowest BCUT2D eigenvalue weighted by molar-refractivity contribution is -0.154. The Kier molecular flexibility index (Phi) is 6.91. The van der Waals surface area contributed by atoms with E-state index in [1.807, 2.05) is 32.0 Å². The zero-order valence-electron chi connectivity index (χ0n) is 19.8. The van der Waals surface area contributed by atoms with Crippen molar-refractivity contribution in [1.29, 1.82) is 0 Å². The second-order valence-corrected chi connectivity index (χ2v) is 9.47. The molecule has 0 bridgehead atoms. The number of carbonyl (C=O) groups is 2. The van der Waals surface area contributed by atoms with Gasteiger partial charge in [-0.2, -0.15) is 13.2 Å². The lowest BCUT2D eigenvalue weighted by Crippen LogP contribution is -2.46. The van der Waals surface area contributed by atoms with Crippen molar-refractivity contribution >= 4 is 17.6 Å². The molecule has 35 heavy (non-hydrogen) atoms. The van der Waals surface area contributed by atoms with Crippen molar-refractivity contribution in [3.63, 3.8) is 0 Å². The van der Waals surface area contributed by atoms with Gasteiger partial charge < -0.3 is 19.9 Å². The van der Waals surface area contributed by atoms with Gasteiger partial charge in [0.25, 0.3) is 5.91 Å². The van der Waals surface area contributed by atoms with E-state index in [9.17, 15) is 22.8 Å². The maximum absolute atomic E-state index is 13.1. The number of rotatable bonds is 4. The van der Waals surface area contributed by atoms with Crippen LogP contribution in [0.3, 0.4) is 0 Å². The standard InChI is InChI=1S/C25H29F3N4O3/c1-17-5-6-20(18(2)14-17)30-23(34)31-11-7-24(8-12-31)9-13-32(15-24)22(33)19-4-3-10-29-21(19)35-16-25(26,27)28/h3-6,10,14H,7-9,11-13,15-16H2,1-2H3,(H,30,34). The van der Waals surface area contributed by atoms with Crippen LogP contribution in [-0.4, -0.2) is 65.7 Å². The van der Waals surface area contributed by atoms with Gasteiger partial charge in [-0.25, -0.2) is 9.78 Å². The number of hydrogen-bond donors (Lipinski definition) is 1. The van der Waals surface area contributed by atoms with E-state index < -0.39 is 12.8 Å². The first-order chi connectivity index (χ1) is 16.6. The zero-order valence-corrected chi connectivity index (χ0v) is 19.8. The SMILES string of the molecule is Cc1ccc(NC(=O)N2CCC3(CC2)CCN(C(=O)c2cccnc2OCC(F)(F)F)C3)c(C)c1. The Balaban J connectivity index is 1.34. The first-order valence-corrected chi connectivity index (χ1v) is 11.6. The summed E-state index contributed by atoms with van der Waals surface area (Å²) in [5.74, 6) is -0.698. The lowest BCUT2D eigenvalue weighted by atomic mass is 9.78. The molecule has 0 radical (unpaired) electrons. The maximum atomic E-state index is 13.1. The molecule has 1 N–H and O–H groups in total. The maximum Gasteiger partial charge on any atom is 0.422 e. The molecular formula is C25H29F3N4O3. The molecule has 2 fully saturated rings. The van der Waals surface area contributed by atoms with Gasteiger partial charge in [0, 0.05) is 38.1 Å². The molecule has 3 heterocycles. The molecule has 3 amide bonds. The van der Waals surface area contributed by atoms with Crippen LogP contribution in [0, 0.1) is 19.3 Å². The summed E-state index contributed by atoms with van der Waals surface area (Å²) in [5.41, 5.74) is 2.84. The van der Waals surface area contributed by atoms with Crippen molar-refractivity contribution in [2.24, 2.45) is 5.41 Å². The Morgan fingerprint density at radius 2 is 1.77 bits per heavy atom. The molecule has 1 aromatic carbocycles. The average Bonchev–Trinajstić information content (AvgIpc) is 3.22. The highest BCUT2D eigenvalue weighted by atomic mass is 19.4. The number of likely N-dealkylation sites (tertiary alicyclic amines) is 2. The van der Waals surface area contributed by atoms with E-state index in [4.69, 9.17) is 4.74 Å². The van der Waals surface area contributed by atoms with Gasteiger partial charge in [0.2, 0.25) is 5.88 Å². The number of benzene rings is 1. The molecule has 188 valence electrons. The van der Waals surface area contributed by atoms with E-state index in [0.29, 0.717) is 26.2 Å². The Morgan fingerprint density at radius 1 is 1.09 bits per heavy atom. The summed E-state index contributed by atoms with van der Waals surface area (Å²) in [6, 6.07) is 8.68. The predicted octanol–water partition coefficient (Wildman–Crippen LogP) is 4.80. The van der Waals surface area contributed by atoms with Crippen molar-refractivity contribution in [3.05, 3.63) is 53.2 Å². The molecule has 2 aliphatic heterocycles. The molecule has 0 unspecified atom stereocenters. The normalized spacial score (nSPS) is 17.5. The number of piperidine rings is 1. The first-order valence-electron chi connectivity index (χ1n) is 11.6. The molecule has 2 saturated heterocycles. The second-order valence-electron chi connectivity index (χ2n) is 9.47. The van der Waals surface area contributed by atoms with E-state index in [2.05, 4.69) is 10.3 Å². The smallest absolute Gasteiger partial charge is 0.422 e. The molecule has 2 aliphatic rings. The summed E-state index contributed by atoms with van der Waals surface area (Å²) in [4.78, 5) is 33.2. The van der Waals surface area contributed by atoms with Crippen LogP contribution in [-0.2, 0) is 0 Å². The van der Waals surface area contributed by atoms with Gasteiger partial charge in [-0.1, -0.05) is 17.7 Å². The number of halogens is 3. The third-order valence-corrected chi connectivity index (χ3v) is 6.83. The topological polar surface area (TPSA) is 74.8 Å². The van der Waals surface area contributed by atoms with E-state index in [0.717, 1.165) is 36.1 Å². The third-order valence-electron chi connectivity index (χ3n) is 6.83. The number of nitrogens with one attached hydrogen (secondary N) is 1. The van der Waals surface area contributed by atoms with Crippen LogP contribution >= 0.6 is 0 Å². The molecule has 0 aliphatic carbocycles. The number of amides is 3. The van der Waals surface area contributed by atoms with Crippen LogP contribution < -0.4 is 10.1 Å². The van der Waals surface area contributed by atoms with Crippen molar-refractivity contribution in [2.75, 3.05) is 38.1 Å². The molecule has 4 rings (SSSR count). The molecular weight excluding hydrogens is 461 g/mol. The second kappa shape index (κ2) is 9.75. The largest absolute Gasteiger partial charge is 0.467 e. The first kappa shape index (κ1) is 24.8. The van der Waals surface area contributed by atoms with Gasteiger partial charge in [-0.3, -0.25) is 4.79 Å². The number of aromatic nitrogens is 1. The van der Waals surface area contributed by atoms with E-state index in [1.165, 1.54) is 18.3 Å². The molecule has 0 saturated carbocycles. The summed E-state index contributed by atoms with van der Waals surface area (Å²) < 4.78 is 42.5. The highest BCUT2D eigenvalue weighted by molar-refractivity contribution is 5.96. The summed E-state index contributed by atoms with van der Waals surface area (Å²) in [6.07, 6.45) is -0.936. The van der Waals surface area contributed by atoms with Gasteiger partial charge in [0.05, 0.1) is 0 Å². The number of aryl methyl sites for hydroxylation is 2. The molecule has 0 atom stereocenters. The molecule has 7 nitrogen and oxygen atoms in total. The Bertz CT molecular complexity index is 1100. The summed E-state index contributed by atoms with van der Waals surface area (Å²) in [7, 11) is 0. The molecule has 2 aromatic rings. The number of anilines is 1. The molecule has 1 spiro atoms. The van der Waals surface area contributed by atoms with E-state index in [1.54, 1.807) is 9.80 Å². The molecule has 1 aromatic heterocycles. The van der Waals surface area contributed by atoms with Gasteiger partial charge in [-0.15, -0.1) is 0 Å². The van der Waals surface area contributed by atoms with E-state index in [-0.39, 0.29) is 28.8 Å². The van der Waals surface area contributed by atoms with Crippen molar-refractivity contribution < 1.29 is 27.5 Å². The Morgan fingerprint density at radius 3 is 2.43 bits per heavy atom. The third kappa shape index (κ3) is 5.86. The minimum absolute atomic E-state index is 0.0269. The molecule has 10 heteroatoms. The van der Waals surface area contributed by atoms with Gasteiger partial charge in [0.15, 0.2) is 6.61 Å². The number of ether oxygens (including phenoxy) is 1. The minimum Gasteiger partial charge on any atom is -0.467 e. The Hall–Kier alpha value is -3.30. The number of urea groups is 1.